The Morgan fingerprint density at radius 2 is 1.54 bits per heavy atom. The Morgan fingerprint density at radius 3 is 2.04 bits per heavy atom. The van der Waals surface area contributed by atoms with E-state index in [1.54, 1.807) is 0 Å². The minimum atomic E-state index is -0.642. The molecule has 0 radical (unpaired) electrons. The van der Waals surface area contributed by atoms with Crippen molar-refractivity contribution >= 4 is 23.1 Å². The van der Waals surface area contributed by atoms with Crippen molar-refractivity contribution in [2.24, 2.45) is 28.7 Å². The van der Waals surface area contributed by atoms with E-state index in [2.05, 4.69) is 36.2 Å². The van der Waals surface area contributed by atoms with Crippen molar-refractivity contribution in [2.45, 2.75) is 84.0 Å². The van der Waals surface area contributed by atoms with Crippen LogP contribution in [0.15, 0.2) is 17.1 Å². The smallest absolute Gasteiger partial charge is 0.152 e. The van der Waals surface area contributed by atoms with Crippen LogP contribution in [0.4, 0.5) is 14.5 Å². The average molecular weight is 406 g/mol. The molecule has 0 amide bonds. The SMILES string of the molecule is CCCC1CCC(C2CCC(C(C)c3cc(F)c(N=C=S)c(F)c3)CC2)CC1. The van der Waals surface area contributed by atoms with Crippen LogP contribution in [0.5, 0.6) is 0 Å². The normalized spacial score (nSPS) is 29.1. The largest absolute Gasteiger partial charge is 0.204 e. The topological polar surface area (TPSA) is 12.4 Å². The van der Waals surface area contributed by atoms with E-state index in [9.17, 15) is 8.78 Å². The molecular weight excluding hydrogens is 372 g/mol. The molecular formula is C24H33F2NS. The summed E-state index contributed by atoms with van der Waals surface area (Å²) in [6, 6.07) is 2.86. The highest BCUT2D eigenvalue weighted by atomic mass is 32.1. The fourth-order valence-corrected chi connectivity index (χ4v) is 5.84. The summed E-state index contributed by atoms with van der Waals surface area (Å²) in [5, 5.41) is 2.05. The Balaban J connectivity index is 1.56. The molecule has 154 valence electrons. The Morgan fingerprint density at radius 1 is 1.00 bits per heavy atom. The summed E-state index contributed by atoms with van der Waals surface area (Å²) < 4.78 is 28.4. The van der Waals surface area contributed by atoms with Crippen LogP contribution in [-0.2, 0) is 0 Å². The summed E-state index contributed by atoms with van der Waals surface area (Å²) in [6.07, 6.45) is 13.3. The summed E-state index contributed by atoms with van der Waals surface area (Å²) in [6.45, 7) is 4.40. The van der Waals surface area contributed by atoms with Gasteiger partial charge in [-0.15, -0.1) is 0 Å². The minimum absolute atomic E-state index is 0.163. The van der Waals surface area contributed by atoms with Crippen molar-refractivity contribution in [1.29, 1.82) is 0 Å². The Bertz CT molecular complexity index is 674. The second kappa shape index (κ2) is 10.1. The molecule has 28 heavy (non-hydrogen) atoms. The molecule has 1 atom stereocenters. The number of halogens is 2. The monoisotopic (exact) mass is 405 g/mol. The van der Waals surface area contributed by atoms with Gasteiger partial charge in [-0.1, -0.05) is 39.5 Å². The number of isothiocyanates is 1. The molecule has 0 aliphatic heterocycles. The number of hydrogen-bond donors (Lipinski definition) is 0. The van der Waals surface area contributed by atoms with Crippen LogP contribution in [0, 0.1) is 35.3 Å². The lowest BCUT2D eigenvalue weighted by Gasteiger charge is -2.39. The highest BCUT2D eigenvalue weighted by Gasteiger charge is 2.32. The third-order valence-electron chi connectivity index (χ3n) is 7.50. The molecule has 0 heterocycles. The molecule has 1 aromatic carbocycles. The number of rotatable bonds is 6. The minimum Gasteiger partial charge on any atom is -0.204 e. The van der Waals surface area contributed by atoms with Gasteiger partial charge in [-0.05, 0) is 98.0 Å². The third kappa shape index (κ3) is 5.07. The molecule has 1 unspecified atom stereocenters. The molecule has 2 aliphatic carbocycles. The van der Waals surface area contributed by atoms with Crippen LogP contribution in [-0.4, -0.2) is 5.16 Å². The fourth-order valence-electron chi connectivity index (χ4n) is 5.75. The van der Waals surface area contributed by atoms with Gasteiger partial charge in [-0.2, -0.15) is 4.99 Å². The first-order valence-electron chi connectivity index (χ1n) is 11.1. The number of thiocarbonyl (C=S) groups is 1. The van der Waals surface area contributed by atoms with E-state index in [-0.39, 0.29) is 11.6 Å². The molecule has 0 saturated heterocycles. The van der Waals surface area contributed by atoms with E-state index in [1.165, 1.54) is 76.3 Å². The zero-order valence-electron chi connectivity index (χ0n) is 17.2. The number of nitrogens with zero attached hydrogens (tertiary/aromatic N) is 1. The van der Waals surface area contributed by atoms with Crippen LogP contribution >= 0.6 is 12.2 Å². The second-order valence-corrected chi connectivity index (χ2v) is 9.25. The Labute approximate surface area is 174 Å². The number of aliphatic imine (C=N–C) groups is 1. The van der Waals surface area contributed by atoms with E-state index in [1.807, 2.05) is 0 Å². The second-order valence-electron chi connectivity index (χ2n) is 9.07. The van der Waals surface area contributed by atoms with E-state index < -0.39 is 11.6 Å². The zero-order chi connectivity index (χ0) is 20.1. The van der Waals surface area contributed by atoms with Crippen molar-refractivity contribution < 1.29 is 8.78 Å². The van der Waals surface area contributed by atoms with Gasteiger partial charge in [0.2, 0.25) is 0 Å². The Kier molecular flexibility index (Phi) is 7.77. The van der Waals surface area contributed by atoms with Gasteiger partial charge in [0.05, 0.1) is 5.16 Å². The summed E-state index contributed by atoms with van der Waals surface area (Å²) in [7, 11) is 0. The molecule has 2 fully saturated rings. The predicted molar refractivity (Wildman–Crippen MR) is 115 cm³/mol. The molecule has 1 nitrogen and oxygen atoms in total. The molecule has 0 bridgehead atoms. The lowest BCUT2D eigenvalue weighted by molar-refractivity contribution is 0.137. The van der Waals surface area contributed by atoms with E-state index in [0.717, 1.165) is 23.3 Å². The van der Waals surface area contributed by atoms with Gasteiger partial charge in [0.25, 0.3) is 0 Å². The maximum atomic E-state index is 14.2. The third-order valence-corrected chi connectivity index (χ3v) is 7.59. The van der Waals surface area contributed by atoms with Crippen molar-refractivity contribution in [1.82, 2.24) is 0 Å². The van der Waals surface area contributed by atoms with E-state index in [0.29, 0.717) is 5.92 Å². The molecule has 0 aromatic heterocycles. The van der Waals surface area contributed by atoms with Crippen molar-refractivity contribution in [3.05, 3.63) is 29.3 Å². The van der Waals surface area contributed by atoms with E-state index >= 15 is 0 Å². The first-order valence-corrected chi connectivity index (χ1v) is 11.5. The molecule has 2 aliphatic rings. The predicted octanol–water partition coefficient (Wildman–Crippen LogP) is 8.22. The first-order chi connectivity index (χ1) is 13.5. The van der Waals surface area contributed by atoms with Crippen LogP contribution in [0.1, 0.15) is 89.5 Å². The van der Waals surface area contributed by atoms with Crippen LogP contribution < -0.4 is 0 Å². The van der Waals surface area contributed by atoms with Gasteiger partial charge in [0, 0.05) is 0 Å². The van der Waals surface area contributed by atoms with Crippen LogP contribution in [0.2, 0.25) is 0 Å². The number of hydrogen-bond acceptors (Lipinski definition) is 2. The van der Waals surface area contributed by atoms with E-state index in [4.69, 9.17) is 0 Å². The average Bonchev–Trinajstić information content (AvgIpc) is 2.71. The molecule has 0 spiro atoms. The fraction of sp³-hybridized carbons (Fsp3) is 0.708. The molecule has 0 N–H and O–H groups in total. The summed E-state index contributed by atoms with van der Waals surface area (Å²) >= 11 is 4.47. The van der Waals surface area contributed by atoms with Crippen LogP contribution in [0.3, 0.4) is 0 Å². The Hall–Kier alpha value is -1.12. The maximum absolute atomic E-state index is 14.2. The van der Waals surface area contributed by atoms with Crippen molar-refractivity contribution in [3.63, 3.8) is 0 Å². The maximum Gasteiger partial charge on any atom is 0.152 e. The van der Waals surface area contributed by atoms with Gasteiger partial charge >= 0.3 is 0 Å². The van der Waals surface area contributed by atoms with Gasteiger partial charge in [0.15, 0.2) is 11.6 Å². The van der Waals surface area contributed by atoms with Crippen LogP contribution in [0.25, 0.3) is 0 Å². The molecule has 4 heteroatoms. The summed E-state index contributed by atoms with van der Waals surface area (Å²) in [4.78, 5) is 3.51. The summed E-state index contributed by atoms with van der Waals surface area (Å²) in [5.41, 5.74) is 0.412. The van der Waals surface area contributed by atoms with Gasteiger partial charge in [-0.25, -0.2) is 8.78 Å². The standard InChI is InChI=1S/C24H33F2NS/c1-3-4-17-5-7-19(8-6-17)20-11-9-18(10-12-20)16(2)21-13-22(25)24(27-15-28)23(26)14-21/h13-14,16-20H,3-12H2,1-2H3. The van der Waals surface area contributed by atoms with Crippen molar-refractivity contribution in [3.8, 4) is 0 Å². The first kappa shape index (κ1) is 21.6. The lowest BCUT2D eigenvalue weighted by atomic mass is 9.66. The van der Waals surface area contributed by atoms with Gasteiger partial charge < -0.3 is 0 Å². The van der Waals surface area contributed by atoms with Gasteiger partial charge in [-0.3, -0.25) is 0 Å². The summed E-state index contributed by atoms with van der Waals surface area (Å²) in [5.74, 6) is 2.12. The quantitative estimate of drug-likeness (QED) is 0.343. The highest BCUT2D eigenvalue weighted by molar-refractivity contribution is 7.78. The molecule has 2 saturated carbocycles. The van der Waals surface area contributed by atoms with Crippen molar-refractivity contribution in [2.75, 3.05) is 0 Å². The lowest BCUT2D eigenvalue weighted by Crippen LogP contribution is -2.27. The zero-order valence-corrected chi connectivity index (χ0v) is 18.0. The molecule has 1 aromatic rings. The highest BCUT2D eigenvalue weighted by Crippen LogP contribution is 2.45. The molecule has 3 rings (SSSR count). The number of benzene rings is 1. The van der Waals surface area contributed by atoms with Gasteiger partial charge in [0.1, 0.15) is 5.69 Å².